The van der Waals surface area contributed by atoms with Gasteiger partial charge in [0.05, 0.1) is 0 Å². The topological polar surface area (TPSA) is 22.2 Å². The van der Waals surface area contributed by atoms with Crippen LogP contribution < -0.4 is 0 Å². The van der Waals surface area contributed by atoms with E-state index in [0.29, 0.717) is 0 Å². The average molecular weight is 171 g/mol. The first kappa shape index (κ1) is 6.71. The van der Waals surface area contributed by atoms with E-state index in [4.69, 9.17) is 0 Å². The van der Waals surface area contributed by atoms with Crippen LogP contribution in [0.1, 0.15) is 0 Å². The number of aromatic nitrogens is 3. The standard InChI is InChI=1S/C10H9N3/c1-12-10-9-5-3-2-4-8(9)6-13(10)7-11-12/h2-7H,1H3. The molecule has 0 amide bonds. The lowest BCUT2D eigenvalue weighted by Crippen LogP contribution is -1.88. The molecule has 0 fully saturated rings. The lowest BCUT2D eigenvalue weighted by molar-refractivity contribution is 0.799. The predicted octanol–water partition coefficient (Wildman–Crippen LogP) is 1.83. The van der Waals surface area contributed by atoms with Crippen molar-refractivity contribution in [3.05, 3.63) is 36.8 Å². The van der Waals surface area contributed by atoms with Gasteiger partial charge in [0.1, 0.15) is 12.0 Å². The van der Waals surface area contributed by atoms with E-state index in [1.165, 1.54) is 10.8 Å². The number of hydrogen-bond donors (Lipinski definition) is 0. The Hall–Kier alpha value is -1.77. The minimum atomic E-state index is 1.15. The van der Waals surface area contributed by atoms with Gasteiger partial charge in [0.25, 0.3) is 0 Å². The summed E-state index contributed by atoms with van der Waals surface area (Å²) in [5.74, 6) is 0. The zero-order valence-electron chi connectivity index (χ0n) is 7.31. The third-order valence-corrected chi connectivity index (χ3v) is 2.38. The molecule has 0 bridgehead atoms. The summed E-state index contributed by atoms with van der Waals surface area (Å²) in [6.07, 6.45) is 3.92. The van der Waals surface area contributed by atoms with Gasteiger partial charge >= 0.3 is 0 Å². The van der Waals surface area contributed by atoms with Gasteiger partial charge < -0.3 is 0 Å². The minimum absolute atomic E-state index is 1.15. The van der Waals surface area contributed by atoms with E-state index in [0.717, 1.165) is 5.65 Å². The SMILES string of the molecule is Cn1ncn2cc3ccccc3c12. The molecular weight excluding hydrogens is 162 g/mol. The van der Waals surface area contributed by atoms with E-state index in [9.17, 15) is 0 Å². The van der Waals surface area contributed by atoms with E-state index in [2.05, 4.69) is 35.6 Å². The molecule has 3 aromatic rings. The molecule has 0 atom stereocenters. The molecule has 3 rings (SSSR count). The highest BCUT2D eigenvalue weighted by Gasteiger charge is 2.04. The normalized spacial score (nSPS) is 11.5. The van der Waals surface area contributed by atoms with Gasteiger partial charge in [0.15, 0.2) is 0 Å². The average Bonchev–Trinajstić information content (AvgIpc) is 2.66. The summed E-state index contributed by atoms with van der Waals surface area (Å²) in [7, 11) is 1.96. The van der Waals surface area contributed by atoms with Crippen molar-refractivity contribution in [3.8, 4) is 0 Å². The first-order chi connectivity index (χ1) is 6.36. The lowest BCUT2D eigenvalue weighted by atomic mass is 10.2. The maximum absolute atomic E-state index is 4.19. The van der Waals surface area contributed by atoms with E-state index < -0.39 is 0 Å². The Morgan fingerprint density at radius 2 is 2.08 bits per heavy atom. The van der Waals surface area contributed by atoms with Crippen LogP contribution in [0.4, 0.5) is 0 Å². The van der Waals surface area contributed by atoms with Gasteiger partial charge in [0, 0.05) is 24.0 Å². The Morgan fingerprint density at radius 3 is 3.00 bits per heavy atom. The molecule has 0 radical (unpaired) electrons. The molecule has 0 aliphatic heterocycles. The molecular formula is C10H9N3. The first-order valence-corrected chi connectivity index (χ1v) is 4.24. The molecule has 0 unspecified atom stereocenters. The van der Waals surface area contributed by atoms with Crippen LogP contribution in [-0.2, 0) is 7.05 Å². The van der Waals surface area contributed by atoms with E-state index >= 15 is 0 Å². The van der Waals surface area contributed by atoms with E-state index in [1.54, 1.807) is 0 Å². The zero-order valence-corrected chi connectivity index (χ0v) is 7.31. The van der Waals surface area contributed by atoms with Crippen molar-refractivity contribution < 1.29 is 0 Å². The van der Waals surface area contributed by atoms with Crippen molar-refractivity contribution >= 4 is 16.4 Å². The second-order valence-corrected chi connectivity index (χ2v) is 3.20. The van der Waals surface area contributed by atoms with Crippen molar-refractivity contribution in [3.63, 3.8) is 0 Å². The summed E-state index contributed by atoms with van der Waals surface area (Å²) in [5, 5.41) is 6.70. The van der Waals surface area contributed by atoms with Crippen LogP contribution in [0.25, 0.3) is 16.4 Å². The molecule has 1 aromatic carbocycles. The van der Waals surface area contributed by atoms with Gasteiger partial charge in [-0.05, 0) is 0 Å². The molecule has 3 heteroatoms. The minimum Gasteiger partial charge on any atom is -0.290 e. The summed E-state index contributed by atoms with van der Waals surface area (Å²) in [4.78, 5) is 0. The van der Waals surface area contributed by atoms with Gasteiger partial charge in [-0.3, -0.25) is 9.08 Å². The Kier molecular flexibility index (Phi) is 1.10. The molecule has 0 N–H and O–H groups in total. The Morgan fingerprint density at radius 1 is 1.23 bits per heavy atom. The molecule has 3 nitrogen and oxygen atoms in total. The van der Waals surface area contributed by atoms with Crippen LogP contribution in [0.2, 0.25) is 0 Å². The fraction of sp³-hybridized carbons (Fsp3) is 0.100. The second kappa shape index (κ2) is 2.13. The monoisotopic (exact) mass is 171 g/mol. The number of aryl methyl sites for hydroxylation is 1. The number of rotatable bonds is 0. The molecule has 2 heterocycles. The predicted molar refractivity (Wildman–Crippen MR) is 51.7 cm³/mol. The van der Waals surface area contributed by atoms with Gasteiger partial charge in [-0.15, -0.1) is 0 Å². The molecule has 13 heavy (non-hydrogen) atoms. The third-order valence-electron chi connectivity index (χ3n) is 2.38. The summed E-state index contributed by atoms with van der Waals surface area (Å²) in [6, 6.07) is 8.33. The van der Waals surface area contributed by atoms with Crippen molar-refractivity contribution in [1.29, 1.82) is 0 Å². The van der Waals surface area contributed by atoms with Crippen molar-refractivity contribution in [2.75, 3.05) is 0 Å². The van der Waals surface area contributed by atoms with Crippen LogP contribution in [-0.4, -0.2) is 14.2 Å². The fourth-order valence-electron chi connectivity index (χ4n) is 1.78. The second-order valence-electron chi connectivity index (χ2n) is 3.20. The zero-order chi connectivity index (χ0) is 8.84. The summed E-state index contributed by atoms with van der Waals surface area (Å²) in [6.45, 7) is 0. The van der Waals surface area contributed by atoms with Gasteiger partial charge in [-0.25, -0.2) is 0 Å². The smallest absolute Gasteiger partial charge is 0.142 e. The van der Waals surface area contributed by atoms with Gasteiger partial charge in [-0.2, -0.15) is 5.10 Å². The molecule has 0 aliphatic rings. The van der Waals surface area contributed by atoms with Crippen molar-refractivity contribution in [2.24, 2.45) is 7.05 Å². The molecule has 0 spiro atoms. The maximum Gasteiger partial charge on any atom is 0.142 e. The Balaban J connectivity index is 2.66. The van der Waals surface area contributed by atoms with E-state index in [1.807, 2.05) is 22.5 Å². The van der Waals surface area contributed by atoms with Crippen LogP contribution in [0.15, 0.2) is 36.8 Å². The molecule has 0 saturated carbocycles. The first-order valence-electron chi connectivity index (χ1n) is 4.24. The molecule has 0 saturated heterocycles. The van der Waals surface area contributed by atoms with Crippen molar-refractivity contribution in [1.82, 2.24) is 14.2 Å². The van der Waals surface area contributed by atoms with E-state index in [-0.39, 0.29) is 0 Å². The highest BCUT2D eigenvalue weighted by atomic mass is 15.3. The highest BCUT2D eigenvalue weighted by molar-refractivity contribution is 5.95. The van der Waals surface area contributed by atoms with Gasteiger partial charge in [0.2, 0.25) is 0 Å². The number of benzene rings is 1. The Bertz CT molecular complexity index is 574. The molecule has 2 aromatic heterocycles. The summed E-state index contributed by atoms with van der Waals surface area (Å²) >= 11 is 0. The van der Waals surface area contributed by atoms with Crippen molar-refractivity contribution in [2.45, 2.75) is 0 Å². The summed E-state index contributed by atoms with van der Waals surface area (Å²) in [5.41, 5.74) is 1.15. The number of fused-ring (bicyclic) bond motifs is 3. The molecule has 0 aliphatic carbocycles. The largest absolute Gasteiger partial charge is 0.290 e. The lowest BCUT2D eigenvalue weighted by Gasteiger charge is -1.90. The fourth-order valence-corrected chi connectivity index (χ4v) is 1.78. The van der Waals surface area contributed by atoms with Crippen LogP contribution in [0, 0.1) is 0 Å². The van der Waals surface area contributed by atoms with Gasteiger partial charge in [-0.1, -0.05) is 24.3 Å². The van der Waals surface area contributed by atoms with Crippen LogP contribution in [0.5, 0.6) is 0 Å². The third kappa shape index (κ3) is 0.758. The molecule has 64 valence electrons. The summed E-state index contributed by atoms with van der Waals surface area (Å²) < 4.78 is 3.94. The maximum atomic E-state index is 4.19. The van der Waals surface area contributed by atoms with Crippen LogP contribution >= 0.6 is 0 Å². The van der Waals surface area contributed by atoms with Crippen LogP contribution in [0.3, 0.4) is 0 Å². The quantitative estimate of drug-likeness (QED) is 0.505. The number of hydrogen-bond acceptors (Lipinski definition) is 1. The highest BCUT2D eigenvalue weighted by Crippen LogP contribution is 2.20. The Labute approximate surface area is 75.2 Å². The number of nitrogens with zero attached hydrogens (tertiary/aromatic N) is 3.